The Balaban J connectivity index is 2.47. The van der Waals surface area contributed by atoms with Crippen molar-refractivity contribution in [2.45, 2.75) is 58.0 Å². The van der Waals surface area contributed by atoms with E-state index in [1.54, 1.807) is 0 Å². The molecular weight excluding hydrogens is 174 g/mol. The predicted molar refractivity (Wildman–Crippen MR) is 60.0 cm³/mol. The largest absolute Gasteiger partial charge is 0.388 e. The minimum atomic E-state index is -0.585. The SMILES string of the molecule is CCC1CCC(C(O)(CC)CN)CC1. The normalized spacial score (nSPS) is 32.6. The molecule has 1 unspecified atom stereocenters. The Bertz CT molecular complexity index is 158. The van der Waals surface area contributed by atoms with E-state index < -0.39 is 5.60 Å². The molecule has 1 saturated carbocycles. The van der Waals surface area contributed by atoms with E-state index in [1.807, 2.05) is 6.92 Å². The third kappa shape index (κ3) is 2.48. The summed E-state index contributed by atoms with van der Waals surface area (Å²) in [6.45, 7) is 4.73. The molecule has 14 heavy (non-hydrogen) atoms. The fourth-order valence-corrected chi connectivity index (χ4v) is 2.71. The molecule has 0 aliphatic heterocycles. The first-order valence-electron chi connectivity index (χ1n) is 6.08. The van der Waals surface area contributed by atoms with Gasteiger partial charge < -0.3 is 10.8 Å². The zero-order valence-electron chi connectivity index (χ0n) is 9.63. The lowest BCUT2D eigenvalue weighted by molar-refractivity contribution is -0.0337. The van der Waals surface area contributed by atoms with Crippen LogP contribution in [0, 0.1) is 11.8 Å². The van der Waals surface area contributed by atoms with Crippen molar-refractivity contribution in [1.82, 2.24) is 0 Å². The fraction of sp³-hybridized carbons (Fsp3) is 1.00. The molecule has 2 nitrogen and oxygen atoms in total. The van der Waals surface area contributed by atoms with Gasteiger partial charge in [-0.15, -0.1) is 0 Å². The van der Waals surface area contributed by atoms with Crippen molar-refractivity contribution in [2.75, 3.05) is 6.54 Å². The number of hydrogen-bond acceptors (Lipinski definition) is 2. The highest BCUT2D eigenvalue weighted by Gasteiger charge is 2.35. The van der Waals surface area contributed by atoms with Crippen molar-refractivity contribution in [3.05, 3.63) is 0 Å². The molecule has 1 aliphatic rings. The molecule has 0 aromatic carbocycles. The van der Waals surface area contributed by atoms with E-state index in [-0.39, 0.29) is 0 Å². The summed E-state index contributed by atoms with van der Waals surface area (Å²) in [5.41, 5.74) is 5.08. The Hall–Kier alpha value is -0.0800. The first kappa shape index (κ1) is 12.0. The van der Waals surface area contributed by atoms with Crippen molar-refractivity contribution >= 4 is 0 Å². The average molecular weight is 199 g/mol. The monoisotopic (exact) mass is 199 g/mol. The van der Waals surface area contributed by atoms with E-state index >= 15 is 0 Å². The van der Waals surface area contributed by atoms with E-state index in [0.717, 1.165) is 12.3 Å². The van der Waals surface area contributed by atoms with Crippen LogP contribution in [0.5, 0.6) is 0 Å². The molecular formula is C12H25NO. The van der Waals surface area contributed by atoms with Crippen molar-refractivity contribution in [2.24, 2.45) is 17.6 Å². The second-order valence-corrected chi connectivity index (χ2v) is 4.79. The lowest BCUT2D eigenvalue weighted by atomic mass is 9.72. The second-order valence-electron chi connectivity index (χ2n) is 4.79. The Labute approximate surface area is 87.9 Å². The second kappa shape index (κ2) is 5.13. The van der Waals surface area contributed by atoms with Gasteiger partial charge in [0.15, 0.2) is 0 Å². The molecule has 3 N–H and O–H groups in total. The molecule has 0 saturated heterocycles. The summed E-state index contributed by atoms with van der Waals surface area (Å²) in [7, 11) is 0. The van der Waals surface area contributed by atoms with Crippen LogP contribution in [-0.2, 0) is 0 Å². The molecule has 1 aliphatic carbocycles. The first-order chi connectivity index (χ1) is 6.66. The van der Waals surface area contributed by atoms with Gasteiger partial charge in [-0.1, -0.05) is 33.1 Å². The van der Waals surface area contributed by atoms with Crippen molar-refractivity contribution < 1.29 is 5.11 Å². The quantitative estimate of drug-likeness (QED) is 0.730. The molecule has 0 bridgehead atoms. The summed E-state index contributed by atoms with van der Waals surface area (Å²) in [5.74, 6) is 1.34. The van der Waals surface area contributed by atoms with Crippen LogP contribution in [0.3, 0.4) is 0 Å². The molecule has 0 radical (unpaired) electrons. The van der Waals surface area contributed by atoms with E-state index in [2.05, 4.69) is 6.92 Å². The molecule has 1 atom stereocenters. The van der Waals surface area contributed by atoms with Crippen LogP contribution in [0.25, 0.3) is 0 Å². The lowest BCUT2D eigenvalue weighted by Crippen LogP contribution is -2.45. The maximum Gasteiger partial charge on any atom is 0.0794 e. The summed E-state index contributed by atoms with van der Waals surface area (Å²) in [6.07, 6.45) is 6.98. The van der Waals surface area contributed by atoms with Gasteiger partial charge in [0.1, 0.15) is 0 Å². The van der Waals surface area contributed by atoms with Gasteiger partial charge in [-0.05, 0) is 31.1 Å². The summed E-state index contributed by atoms with van der Waals surface area (Å²) >= 11 is 0. The lowest BCUT2D eigenvalue weighted by Gasteiger charge is -2.39. The van der Waals surface area contributed by atoms with Crippen LogP contribution in [0.15, 0.2) is 0 Å². The molecule has 0 aromatic heterocycles. The Morgan fingerprint density at radius 3 is 2.14 bits per heavy atom. The first-order valence-corrected chi connectivity index (χ1v) is 6.08. The standard InChI is InChI=1S/C12H25NO/c1-3-10-5-7-11(8-6-10)12(14,4-2)9-13/h10-11,14H,3-9,13H2,1-2H3. The van der Waals surface area contributed by atoms with Gasteiger partial charge in [0, 0.05) is 6.54 Å². The van der Waals surface area contributed by atoms with Gasteiger partial charge in [-0.25, -0.2) is 0 Å². The summed E-state index contributed by atoms with van der Waals surface area (Å²) in [4.78, 5) is 0. The highest BCUT2D eigenvalue weighted by atomic mass is 16.3. The molecule has 0 heterocycles. The van der Waals surface area contributed by atoms with Gasteiger partial charge in [0.05, 0.1) is 5.60 Å². The Morgan fingerprint density at radius 1 is 1.21 bits per heavy atom. The topological polar surface area (TPSA) is 46.2 Å². The summed E-state index contributed by atoms with van der Waals surface area (Å²) in [6, 6.07) is 0. The maximum absolute atomic E-state index is 10.3. The van der Waals surface area contributed by atoms with E-state index in [1.165, 1.54) is 32.1 Å². The molecule has 84 valence electrons. The Morgan fingerprint density at radius 2 is 1.79 bits per heavy atom. The summed E-state index contributed by atoms with van der Waals surface area (Å²) < 4.78 is 0. The molecule has 1 rings (SSSR count). The van der Waals surface area contributed by atoms with Crippen molar-refractivity contribution in [3.8, 4) is 0 Å². The highest BCUT2D eigenvalue weighted by Crippen LogP contribution is 2.37. The van der Waals surface area contributed by atoms with Crippen LogP contribution in [0.2, 0.25) is 0 Å². The van der Waals surface area contributed by atoms with E-state index in [9.17, 15) is 5.11 Å². The van der Waals surface area contributed by atoms with Gasteiger partial charge >= 0.3 is 0 Å². The average Bonchev–Trinajstić information content (AvgIpc) is 2.28. The molecule has 0 amide bonds. The predicted octanol–water partition coefficient (Wildman–Crippen LogP) is 2.30. The minimum Gasteiger partial charge on any atom is -0.388 e. The van der Waals surface area contributed by atoms with E-state index in [0.29, 0.717) is 12.5 Å². The van der Waals surface area contributed by atoms with Gasteiger partial charge in [-0.3, -0.25) is 0 Å². The molecule has 1 fully saturated rings. The third-order valence-corrected chi connectivity index (χ3v) is 4.15. The molecule has 2 heteroatoms. The van der Waals surface area contributed by atoms with E-state index in [4.69, 9.17) is 5.73 Å². The zero-order chi connectivity index (χ0) is 10.6. The number of aliphatic hydroxyl groups is 1. The fourth-order valence-electron chi connectivity index (χ4n) is 2.71. The highest BCUT2D eigenvalue weighted by molar-refractivity contribution is 4.89. The molecule has 0 spiro atoms. The van der Waals surface area contributed by atoms with Crippen molar-refractivity contribution in [3.63, 3.8) is 0 Å². The number of nitrogens with two attached hydrogens (primary N) is 1. The van der Waals surface area contributed by atoms with Gasteiger partial charge in [0.2, 0.25) is 0 Å². The van der Waals surface area contributed by atoms with Crippen LogP contribution in [0.4, 0.5) is 0 Å². The summed E-state index contributed by atoms with van der Waals surface area (Å²) in [5, 5.41) is 10.3. The van der Waals surface area contributed by atoms with Crippen LogP contribution >= 0.6 is 0 Å². The minimum absolute atomic E-state index is 0.422. The Kier molecular flexibility index (Phi) is 4.39. The van der Waals surface area contributed by atoms with Crippen LogP contribution < -0.4 is 5.73 Å². The third-order valence-electron chi connectivity index (χ3n) is 4.15. The number of rotatable bonds is 4. The van der Waals surface area contributed by atoms with Crippen LogP contribution in [0.1, 0.15) is 52.4 Å². The smallest absolute Gasteiger partial charge is 0.0794 e. The molecule has 0 aromatic rings. The van der Waals surface area contributed by atoms with Gasteiger partial charge in [-0.2, -0.15) is 0 Å². The zero-order valence-corrected chi connectivity index (χ0v) is 9.63. The maximum atomic E-state index is 10.3. The van der Waals surface area contributed by atoms with Gasteiger partial charge in [0.25, 0.3) is 0 Å². The van der Waals surface area contributed by atoms with Crippen molar-refractivity contribution in [1.29, 1.82) is 0 Å². The number of hydrogen-bond donors (Lipinski definition) is 2. The van der Waals surface area contributed by atoms with Crippen LogP contribution in [-0.4, -0.2) is 17.3 Å².